The highest BCUT2D eigenvalue weighted by molar-refractivity contribution is 7.14. The minimum Gasteiger partial charge on any atom is -0.385 e. The second-order valence-corrected chi connectivity index (χ2v) is 6.07. The lowest BCUT2D eigenvalue weighted by Gasteiger charge is -2.10. The van der Waals surface area contributed by atoms with E-state index in [4.69, 9.17) is 0 Å². The molecular weight excluding hydrogens is 284 g/mol. The van der Waals surface area contributed by atoms with E-state index in [0.29, 0.717) is 16.6 Å². The van der Waals surface area contributed by atoms with Crippen molar-refractivity contribution in [1.29, 1.82) is 0 Å². The van der Waals surface area contributed by atoms with Crippen LogP contribution < -0.4 is 10.6 Å². The van der Waals surface area contributed by atoms with Gasteiger partial charge in [0, 0.05) is 29.7 Å². The van der Waals surface area contributed by atoms with Crippen LogP contribution in [0.25, 0.3) is 0 Å². The first kappa shape index (κ1) is 14.0. The molecule has 2 N–H and O–H groups in total. The molecule has 5 nitrogen and oxygen atoms in total. The number of pyridine rings is 1. The molecule has 0 spiro atoms. The average molecular weight is 302 g/mol. The summed E-state index contributed by atoms with van der Waals surface area (Å²) in [6, 6.07) is 1.88. The van der Waals surface area contributed by atoms with Crippen molar-refractivity contribution in [2.75, 3.05) is 17.2 Å². The highest BCUT2D eigenvalue weighted by Crippen LogP contribution is 2.40. The summed E-state index contributed by atoms with van der Waals surface area (Å²) in [6.45, 7) is 4.66. The van der Waals surface area contributed by atoms with Crippen LogP contribution in [0, 0.1) is 6.92 Å². The summed E-state index contributed by atoms with van der Waals surface area (Å²) in [6.07, 6.45) is 4.03. The van der Waals surface area contributed by atoms with Gasteiger partial charge in [-0.1, -0.05) is 0 Å². The molecular formula is C15H18N4OS. The number of carbonyl (C=O) groups excluding carboxylic acids is 1. The number of carbonyl (C=O) groups is 1. The van der Waals surface area contributed by atoms with Gasteiger partial charge in [0.2, 0.25) is 0 Å². The van der Waals surface area contributed by atoms with E-state index < -0.39 is 0 Å². The fourth-order valence-electron chi connectivity index (χ4n) is 2.15. The number of rotatable bonds is 5. The van der Waals surface area contributed by atoms with Gasteiger partial charge in [-0.05, 0) is 32.8 Å². The molecule has 2 heterocycles. The number of nitrogens with zero attached hydrogens (tertiary/aromatic N) is 2. The molecule has 0 atom stereocenters. The predicted octanol–water partition coefficient (Wildman–Crippen LogP) is 3.41. The van der Waals surface area contributed by atoms with E-state index in [2.05, 4.69) is 20.6 Å². The molecule has 0 aliphatic heterocycles. The van der Waals surface area contributed by atoms with Crippen LogP contribution in [0.1, 0.15) is 47.4 Å². The van der Waals surface area contributed by atoms with Crippen LogP contribution in [0.15, 0.2) is 17.6 Å². The Labute approximate surface area is 127 Å². The van der Waals surface area contributed by atoms with Gasteiger partial charge < -0.3 is 5.32 Å². The van der Waals surface area contributed by atoms with Gasteiger partial charge in [0.1, 0.15) is 0 Å². The quantitative estimate of drug-likeness (QED) is 0.888. The van der Waals surface area contributed by atoms with Gasteiger partial charge in [0.05, 0.1) is 16.9 Å². The Morgan fingerprint density at radius 1 is 1.48 bits per heavy atom. The van der Waals surface area contributed by atoms with Crippen molar-refractivity contribution in [3.8, 4) is 0 Å². The third-order valence-electron chi connectivity index (χ3n) is 3.39. The van der Waals surface area contributed by atoms with Crippen LogP contribution in [0.2, 0.25) is 0 Å². The summed E-state index contributed by atoms with van der Waals surface area (Å²) in [4.78, 5) is 21.1. The van der Waals surface area contributed by atoms with E-state index >= 15 is 0 Å². The molecule has 0 unspecified atom stereocenters. The number of aryl methyl sites for hydroxylation is 1. The van der Waals surface area contributed by atoms with Crippen LogP contribution in [0.5, 0.6) is 0 Å². The Bertz CT molecular complexity index is 663. The zero-order valence-corrected chi connectivity index (χ0v) is 13.0. The van der Waals surface area contributed by atoms with E-state index in [0.717, 1.165) is 23.6 Å². The lowest BCUT2D eigenvalue weighted by Crippen LogP contribution is -2.15. The van der Waals surface area contributed by atoms with E-state index in [-0.39, 0.29) is 5.91 Å². The highest BCUT2D eigenvalue weighted by Gasteiger charge is 2.26. The molecule has 110 valence electrons. The summed E-state index contributed by atoms with van der Waals surface area (Å²) in [5, 5.41) is 8.76. The summed E-state index contributed by atoms with van der Waals surface area (Å²) in [5.41, 5.74) is 3.34. The normalized spacial score (nSPS) is 14.0. The van der Waals surface area contributed by atoms with E-state index in [9.17, 15) is 4.79 Å². The molecule has 2 aromatic rings. The Hall–Kier alpha value is -1.95. The number of thiazole rings is 1. The number of nitrogens with one attached hydrogen (secondary N) is 2. The molecule has 0 aromatic carbocycles. The third kappa shape index (κ3) is 3.21. The standard InChI is InChI=1S/C15H18N4OS/c1-3-16-12-6-9(2)17-7-11(12)14(20)19-15-18-13(8-21-15)10-4-5-10/h6-8,10H,3-5H2,1-2H3,(H,16,17)(H,18,19,20). The maximum absolute atomic E-state index is 12.4. The maximum Gasteiger partial charge on any atom is 0.261 e. The molecule has 0 radical (unpaired) electrons. The summed E-state index contributed by atoms with van der Waals surface area (Å²) >= 11 is 1.48. The van der Waals surface area contributed by atoms with Crippen LogP contribution >= 0.6 is 11.3 Å². The lowest BCUT2D eigenvalue weighted by atomic mass is 10.2. The minimum absolute atomic E-state index is 0.171. The van der Waals surface area contributed by atoms with Crippen LogP contribution in [-0.4, -0.2) is 22.4 Å². The van der Waals surface area contributed by atoms with Crippen LogP contribution in [0.4, 0.5) is 10.8 Å². The van der Waals surface area contributed by atoms with Crippen LogP contribution in [0.3, 0.4) is 0 Å². The molecule has 1 aliphatic carbocycles. The smallest absolute Gasteiger partial charge is 0.261 e. The zero-order valence-electron chi connectivity index (χ0n) is 12.1. The Morgan fingerprint density at radius 2 is 2.29 bits per heavy atom. The Balaban J connectivity index is 1.77. The Morgan fingerprint density at radius 3 is 3.00 bits per heavy atom. The molecule has 0 saturated heterocycles. The third-order valence-corrected chi connectivity index (χ3v) is 4.17. The van der Waals surface area contributed by atoms with Crippen molar-refractivity contribution < 1.29 is 4.79 Å². The summed E-state index contributed by atoms with van der Waals surface area (Å²) < 4.78 is 0. The van der Waals surface area contributed by atoms with Crippen molar-refractivity contribution in [2.24, 2.45) is 0 Å². The number of amides is 1. The van der Waals surface area contributed by atoms with Gasteiger partial charge in [-0.15, -0.1) is 11.3 Å². The molecule has 1 fully saturated rings. The van der Waals surface area contributed by atoms with Gasteiger partial charge in [-0.3, -0.25) is 15.1 Å². The largest absolute Gasteiger partial charge is 0.385 e. The molecule has 1 amide bonds. The Kier molecular flexibility index (Phi) is 3.88. The van der Waals surface area contributed by atoms with Crippen molar-refractivity contribution in [3.05, 3.63) is 34.6 Å². The number of hydrogen-bond donors (Lipinski definition) is 2. The van der Waals surface area contributed by atoms with Crippen molar-refractivity contribution in [2.45, 2.75) is 32.6 Å². The molecule has 2 aromatic heterocycles. The SMILES string of the molecule is CCNc1cc(C)ncc1C(=O)Nc1nc(C2CC2)cs1. The minimum atomic E-state index is -0.171. The van der Waals surface area contributed by atoms with Gasteiger partial charge >= 0.3 is 0 Å². The van der Waals surface area contributed by atoms with Crippen molar-refractivity contribution in [3.63, 3.8) is 0 Å². The molecule has 1 saturated carbocycles. The maximum atomic E-state index is 12.4. The average Bonchev–Trinajstić information content (AvgIpc) is 3.20. The fraction of sp³-hybridized carbons (Fsp3) is 0.400. The van der Waals surface area contributed by atoms with Gasteiger partial charge in [-0.2, -0.15) is 0 Å². The first-order valence-electron chi connectivity index (χ1n) is 7.14. The second-order valence-electron chi connectivity index (χ2n) is 5.21. The monoisotopic (exact) mass is 302 g/mol. The van der Waals surface area contributed by atoms with Crippen molar-refractivity contribution in [1.82, 2.24) is 9.97 Å². The number of hydrogen-bond acceptors (Lipinski definition) is 5. The van der Waals surface area contributed by atoms with Gasteiger partial charge in [-0.25, -0.2) is 4.98 Å². The summed E-state index contributed by atoms with van der Waals surface area (Å²) in [7, 11) is 0. The van der Waals surface area contributed by atoms with E-state index in [1.54, 1.807) is 6.20 Å². The molecule has 6 heteroatoms. The summed E-state index contributed by atoms with van der Waals surface area (Å²) in [5.74, 6) is 0.431. The van der Waals surface area contributed by atoms with Gasteiger partial charge in [0.25, 0.3) is 5.91 Å². The molecule has 0 bridgehead atoms. The van der Waals surface area contributed by atoms with E-state index in [1.807, 2.05) is 25.3 Å². The second kappa shape index (κ2) is 5.81. The molecule has 21 heavy (non-hydrogen) atoms. The topological polar surface area (TPSA) is 66.9 Å². The molecule has 1 aliphatic rings. The van der Waals surface area contributed by atoms with Gasteiger partial charge in [0.15, 0.2) is 5.13 Å². The predicted molar refractivity (Wildman–Crippen MR) is 85.2 cm³/mol. The van der Waals surface area contributed by atoms with Crippen LogP contribution in [-0.2, 0) is 0 Å². The van der Waals surface area contributed by atoms with E-state index in [1.165, 1.54) is 24.2 Å². The molecule has 3 rings (SSSR count). The number of anilines is 2. The first-order valence-corrected chi connectivity index (χ1v) is 8.02. The van der Waals surface area contributed by atoms with Crippen molar-refractivity contribution >= 4 is 28.1 Å². The zero-order chi connectivity index (χ0) is 14.8. The lowest BCUT2D eigenvalue weighted by molar-refractivity contribution is 0.102. The fourth-order valence-corrected chi connectivity index (χ4v) is 2.94. The number of aromatic nitrogens is 2. The highest BCUT2D eigenvalue weighted by atomic mass is 32.1. The first-order chi connectivity index (χ1) is 10.2.